The number of nitriles is 2. The second kappa shape index (κ2) is 8.25. The van der Waals surface area contributed by atoms with Gasteiger partial charge in [0.05, 0.1) is 17.6 Å². The van der Waals surface area contributed by atoms with Crippen LogP contribution in [0.5, 0.6) is 11.6 Å². The van der Waals surface area contributed by atoms with Crippen LogP contribution in [0, 0.1) is 41.9 Å². The number of aromatic nitrogens is 4. The zero-order chi connectivity index (χ0) is 25.8. The van der Waals surface area contributed by atoms with Crippen LogP contribution in [0.15, 0.2) is 18.2 Å². The number of nitrogens with zero attached hydrogens (tertiary/aromatic N) is 6. The van der Waals surface area contributed by atoms with Crippen molar-refractivity contribution in [1.82, 2.24) is 19.5 Å². The maximum atomic E-state index is 14.1. The molecule has 3 fully saturated rings. The zero-order valence-electron chi connectivity index (χ0n) is 19.9. The quantitative estimate of drug-likeness (QED) is 0.437. The Kier molecular flexibility index (Phi) is 5.42. The van der Waals surface area contributed by atoms with Crippen molar-refractivity contribution in [3.8, 4) is 23.8 Å². The van der Waals surface area contributed by atoms with Gasteiger partial charge in [0, 0.05) is 11.6 Å². The van der Waals surface area contributed by atoms with Crippen molar-refractivity contribution < 1.29 is 18.6 Å². The molecule has 6 rings (SSSR count). The standard InChI is InChI=1S/C25H23F2N7O2/c1-13-7-16(5-4-6-28)8-14(2)18(13)36-21-17-19(30-20(15(3)35)34(17)22(26)27)31-23(32-21)33-25-9-24(10-25,11-25)12-29/h4-5,7-8,15,22,35H,9-11H2,1-3H3,(H,31,32,33)/b5-4+/t15-,24?,25?/m1/s1. The van der Waals surface area contributed by atoms with E-state index in [4.69, 9.17) is 10.00 Å². The van der Waals surface area contributed by atoms with Crippen molar-refractivity contribution >= 4 is 23.2 Å². The minimum Gasteiger partial charge on any atom is -0.436 e. The lowest BCUT2D eigenvalue weighted by Gasteiger charge is -2.66. The molecule has 0 aliphatic heterocycles. The minimum absolute atomic E-state index is 0.0378. The average molecular weight is 492 g/mol. The molecular weight excluding hydrogens is 468 g/mol. The van der Waals surface area contributed by atoms with Crippen molar-refractivity contribution in [2.45, 2.75) is 58.2 Å². The Morgan fingerprint density at radius 2 is 1.83 bits per heavy atom. The van der Waals surface area contributed by atoms with Gasteiger partial charge in [-0.05, 0) is 74.9 Å². The summed E-state index contributed by atoms with van der Waals surface area (Å²) in [7, 11) is 0. The summed E-state index contributed by atoms with van der Waals surface area (Å²) in [5, 5.41) is 31.5. The third-order valence-corrected chi connectivity index (χ3v) is 6.79. The predicted molar refractivity (Wildman–Crippen MR) is 126 cm³/mol. The fourth-order valence-corrected chi connectivity index (χ4v) is 5.36. The van der Waals surface area contributed by atoms with Crippen LogP contribution in [0.25, 0.3) is 17.2 Å². The molecule has 3 aromatic rings. The Balaban J connectivity index is 1.61. The normalized spacial score (nSPS) is 23.1. The maximum absolute atomic E-state index is 14.1. The number of aliphatic hydroxyl groups is 1. The van der Waals surface area contributed by atoms with Gasteiger partial charge in [0.25, 0.3) is 5.88 Å². The van der Waals surface area contributed by atoms with Gasteiger partial charge < -0.3 is 15.2 Å². The highest BCUT2D eigenvalue weighted by Gasteiger charge is 2.69. The number of ether oxygens (including phenoxy) is 1. The molecule has 3 aliphatic rings. The van der Waals surface area contributed by atoms with E-state index in [1.54, 1.807) is 19.9 Å². The molecule has 0 saturated heterocycles. The second-order valence-corrected chi connectivity index (χ2v) is 9.69. The molecule has 2 aromatic heterocycles. The topological polar surface area (TPSA) is 133 Å². The number of fused-ring (bicyclic) bond motifs is 1. The van der Waals surface area contributed by atoms with E-state index < -0.39 is 12.7 Å². The summed E-state index contributed by atoms with van der Waals surface area (Å²) in [4.78, 5) is 13.0. The first kappa shape index (κ1) is 23.6. The average Bonchev–Trinajstić information content (AvgIpc) is 3.16. The van der Waals surface area contributed by atoms with E-state index in [2.05, 4.69) is 26.3 Å². The molecule has 3 aliphatic carbocycles. The van der Waals surface area contributed by atoms with Crippen molar-refractivity contribution in [1.29, 1.82) is 10.5 Å². The Morgan fingerprint density at radius 1 is 1.17 bits per heavy atom. The van der Waals surface area contributed by atoms with Crippen LogP contribution >= 0.6 is 0 Å². The van der Waals surface area contributed by atoms with E-state index in [0.717, 1.165) is 5.56 Å². The number of aliphatic hydroxyl groups excluding tert-OH is 1. The number of rotatable bonds is 7. The molecule has 2 N–H and O–H groups in total. The van der Waals surface area contributed by atoms with Crippen LogP contribution in [0.4, 0.5) is 14.7 Å². The molecule has 3 saturated carbocycles. The van der Waals surface area contributed by atoms with Crippen molar-refractivity contribution in [2.24, 2.45) is 5.41 Å². The highest BCUT2D eigenvalue weighted by Crippen LogP contribution is 2.67. The summed E-state index contributed by atoms with van der Waals surface area (Å²) in [6.45, 7) is 1.94. The summed E-state index contributed by atoms with van der Waals surface area (Å²) >= 11 is 0. The van der Waals surface area contributed by atoms with E-state index in [1.807, 2.05) is 18.2 Å². The Bertz CT molecular complexity index is 1450. The van der Waals surface area contributed by atoms with Gasteiger partial charge in [-0.3, -0.25) is 4.57 Å². The van der Waals surface area contributed by atoms with E-state index >= 15 is 0 Å². The lowest BCUT2D eigenvalue weighted by atomic mass is 9.40. The van der Waals surface area contributed by atoms with Gasteiger partial charge in [0.1, 0.15) is 17.7 Å². The largest absolute Gasteiger partial charge is 0.436 e. The lowest BCUT2D eigenvalue weighted by molar-refractivity contribution is -0.0665. The van der Waals surface area contributed by atoms with Gasteiger partial charge in [-0.15, -0.1) is 0 Å². The van der Waals surface area contributed by atoms with Crippen LogP contribution in [-0.4, -0.2) is 30.2 Å². The number of anilines is 1. The summed E-state index contributed by atoms with van der Waals surface area (Å²) in [5.41, 5.74) is 1.43. The summed E-state index contributed by atoms with van der Waals surface area (Å²) in [6, 6.07) is 7.90. The van der Waals surface area contributed by atoms with E-state index in [1.165, 1.54) is 13.0 Å². The molecule has 2 bridgehead atoms. The molecule has 2 heterocycles. The molecule has 9 nitrogen and oxygen atoms in total. The van der Waals surface area contributed by atoms with Gasteiger partial charge in [-0.25, -0.2) is 4.98 Å². The van der Waals surface area contributed by atoms with E-state index in [-0.39, 0.29) is 39.8 Å². The molecule has 0 spiro atoms. The van der Waals surface area contributed by atoms with Gasteiger partial charge >= 0.3 is 6.55 Å². The SMILES string of the molecule is Cc1cc(/C=C/C#N)cc(C)c1Oc1nc(NC23CC(C#N)(C2)C3)nc2nc([C@@H](C)O)n(C(F)F)c12. The first-order valence-electron chi connectivity index (χ1n) is 11.4. The molecule has 1 aromatic carbocycles. The molecule has 0 amide bonds. The van der Waals surface area contributed by atoms with Crippen LogP contribution in [0.3, 0.4) is 0 Å². The Labute approximate surface area is 205 Å². The maximum Gasteiger partial charge on any atom is 0.320 e. The highest BCUT2D eigenvalue weighted by molar-refractivity contribution is 5.80. The smallest absolute Gasteiger partial charge is 0.320 e. The highest BCUT2D eigenvalue weighted by atomic mass is 19.3. The van der Waals surface area contributed by atoms with Gasteiger partial charge in [0.15, 0.2) is 11.2 Å². The third kappa shape index (κ3) is 3.73. The zero-order valence-corrected chi connectivity index (χ0v) is 19.9. The van der Waals surface area contributed by atoms with Gasteiger partial charge in [0.2, 0.25) is 5.95 Å². The molecule has 1 atom stereocenters. The minimum atomic E-state index is -3.02. The number of aryl methyl sites for hydroxylation is 2. The van der Waals surface area contributed by atoms with Crippen LogP contribution in [-0.2, 0) is 0 Å². The number of halogens is 2. The first-order valence-corrected chi connectivity index (χ1v) is 11.4. The van der Waals surface area contributed by atoms with Crippen molar-refractivity contribution in [3.63, 3.8) is 0 Å². The van der Waals surface area contributed by atoms with Crippen molar-refractivity contribution in [3.05, 3.63) is 40.7 Å². The third-order valence-electron chi connectivity index (χ3n) is 6.79. The van der Waals surface area contributed by atoms with Gasteiger partial charge in [-0.1, -0.05) is 0 Å². The molecular formula is C25H23F2N7O2. The van der Waals surface area contributed by atoms with Crippen LogP contribution in [0.1, 0.15) is 61.4 Å². The summed E-state index contributed by atoms with van der Waals surface area (Å²) in [6.07, 6.45) is 3.73. The number of allylic oxidation sites excluding steroid dienone is 1. The van der Waals surface area contributed by atoms with E-state index in [0.29, 0.717) is 40.7 Å². The Hall–Kier alpha value is -4.09. The predicted octanol–water partition coefficient (Wildman–Crippen LogP) is 5.08. The van der Waals surface area contributed by atoms with Crippen LogP contribution < -0.4 is 10.1 Å². The first-order chi connectivity index (χ1) is 17.1. The molecule has 184 valence electrons. The summed E-state index contributed by atoms with van der Waals surface area (Å²) < 4.78 is 35.0. The second-order valence-electron chi connectivity index (χ2n) is 9.69. The number of imidazole rings is 1. The molecule has 36 heavy (non-hydrogen) atoms. The fraction of sp³-hybridized carbons (Fsp3) is 0.400. The number of benzene rings is 1. The number of alkyl halides is 2. The monoisotopic (exact) mass is 491 g/mol. The lowest BCUT2D eigenvalue weighted by Crippen LogP contribution is -2.70. The molecule has 11 heteroatoms. The van der Waals surface area contributed by atoms with Crippen molar-refractivity contribution in [2.75, 3.05) is 5.32 Å². The molecule has 0 radical (unpaired) electrons. The number of nitrogens with one attached hydrogen (secondary N) is 1. The number of hydrogen-bond donors (Lipinski definition) is 2. The molecule has 0 unspecified atom stereocenters. The van der Waals surface area contributed by atoms with E-state index in [9.17, 15) is 19.1 Å². The van der Waals surface area contributed by atoms with Gasteiger partial charge in [-0.2, -0.15) is 29.3 Å². The summed E-state index contributed by atoms with van der Waals surface area (Å²) in [5.74, 6) is 0.194. The fourth-order valence-electron chi connectivity index (χ4n) is 5.36. The van der Waals surface area contributed by atoms with Crippen LogP contribution in [0.2, 0.25) is 0 Å². The Morgan fingerprint density at radius 3 is 2.39 bits per heavy atom. The number of hydrogen-bond acceptors (Lipinski definition) is 8.